The number of nitrogens with one attached hydrogen (secondary N) is 1. The van der Waals surface area contributed by atoms with Crippen molar-refractivity contribution in [2.24, 2.45) is 0 Å². The molecule has 0 radical (unpaired) electrons. The minimum atomic E-state index is -3.86. The molecule has 0 aromatic heterocycles. The SMILES string of the molecule is CC(=O)N1CCCCCCCN(C(C)C)Cc2cc(C(=O)NS(=O)(=O)Cc3ccccc3)ccc21. The van der Waals surface area contributed by atoms with Crippen LogP contribution in [0, 0.1) is 0 Å². The number of fused-ring (bicyclic) bond motifs is 1. The van der Waals surface area contributed by atoms with Gasteiger partial charge in [0, 0.05) is 37.3 Å². The lowest BCUT2D eigenvalue weighted by atomic mass is 10.0. The fraction of sp³-hybridized carbons (Fsp3) is 0.481. The van der Waals surface area contributed by atoms with Gasteiger partial charge in [-0.05, 0) is 62.6 Å². The fourth-order valence-electron chi connectivity index (χ4n) is 4.45. The monoisotopic (exact) mass is 499 g/mol. The van der Waals surface area contributed by atoms with Crippen molar-refractivity contribution in [3.8, 4) is 0 Å². The van der Waals surface area contributed by atoms with Crippen molar-refractivity contribution in [1.29, 1.82) is 0 Å². The highest BCUT2D eigenvalue weighted by molar-refractivity contribution is 7.89. The molecule has 3 rings (SSSR count). The zero-order valence-corrected chi connectivity index (χ0v) is 21.8. The highest BCUT2D eigenvalue weighted by Gasteiger charge is 2.22. The van der Waals surface area contributed by atoms with Gasteiger partial charge in [0.1, 0.15) is 0 Å². The molecule has 8 heteroatoms. The van der Waals surface area contributed by atoms with Crippen LogP contribution in [-0.4, -0.2) is 44.3 Å². The molecule has 1 aliphatic rings. The lowest BCUT2D eigenvalue weighted by molar-refractivity contribution is -0.116. The molecule has 1 heterocycles. The summed E-state index contributed by atoms with van der Waals surface area (Å²) in [6.45, 7) is 7.98. The number of carbonyl (C=O) groups excluding carboxylic acids is 2. The van der Waals surface area contributed by atoms with Crippen LogP contribution in [0.2, 0.25) is 0 Å². The van der Waals surface area contributed by atoms with E-state index in [2.05, 4.69) is 23.5 Å². The number of carbonyl (C=O) groups is 2. The smallest absolute Gasteiger partial charge is 0.264 e. The summed E-state index contributed by atoms with van der Waals surface area (Å²) in [6, 6.07) is 14.2. The second-order valence-electron chi connectivity index (χ2n) is 9.52. The molecule has 1 aliphatic heterocycles. The average molecular weight is 500 g/mol. The summed E-state index contributed by atoms with van der Waals surface area (Å²) in [5, 5.41) is 0. The van der Waals surface area contributed by atoms with Crippen molar-refractivity contribution >= 4 is 27.5 Å². The van der Waals surface area contributed by atoms with Gasteiger partial charge in [-0.2, -0.15) is 0 Å². The third kappa shape index (κ3) is 7.90. The number of hydrogen-bond donors (Lipinski definition) is 1. The van der Waals surface area contributed by atoms with Crippen LogP contribution in [-0.2, 0) is 27.1 Å². The predicted molar refractivity (Wildman–Crippen MR) is 140 cm³/mol. The molecule has 0 atom stereocenters. The van der Waals surface area contributed by atoms with Crippen molar-refractivity contribution in [3.05, 3.63) is 65.2 Å². The van der Waals surface area contributed by atoms with E-state index in [1.165, 1.54) is 0 Å². The Bertz CT molecular complexity index is 1120. The van der Waals surface area contributed by atoms with Gasteiger partial charge in [0.15, 0.2) is 0 Å². The Kier molecular flexibility index (Phi) is 9.46. The lowest BCUT2D eigenvalue weighted by Crippen LogP contribution is -2.35. The molecular weight excluding hydrogens is 462 g/mol. The van der Waals surface area contributed by atoms with E-state index < -0.39 is 15.9 Å². The van der Waals surface area contributed by atoms with Crippen LogP contribution in [0.4, 0.5) is 5.69 Å². The molecule has 2 aromatic carbocycles. The summed E-state index contributed by atoms with van der Waals surface area (Å²) in [7, 11) is -3.86. The van der Waals surface area contributed by atoms with Crippen molar-refractivity contribution < 1.29 is 18.0 Å². The molecule has 2 aromatic rings. The van der Waals surface area contributed by atoms with Gasteiger partial charge in [0.05, 0.1) is 5.75 Å². The van der Waals surface area contributed by atoms with Gasteiger partial charge in [0.2, 0.25) is 15.9 Å². The maximum Gasteiger partial charge on any atom is 0.264 e. The van der Waals surface area contributed by atoms with Gasteiger partial charge in [-0.25, -0.2) is 13.1 Å². The summed E-state index contributed by atoms with van der Waals surface area (Å²) in [5.74, 6) is -0.980. The van der Waals surface area contributed by atoms with Crippen LogP contribution >= 0.6 is 0 Å². The predicted octanol–water partition coefficient (Wildman–Crippen LogP) is 4.47. The van der Waals surface area contributed by atoms with Crippen LogP contribution in [0.3, 0.4) is 0 Å². The molecule has 35 heavy (non-hydrogen) atoms. The topological polar surface area (TPSA) is 86.8 Å². The van der Waals surface area contributed by atoms with E-state index in [0.717, 1.165) is 49.9 Å². The molecule has 2 amide bonds. The number of anilines is 1. The van der Waals surface area contributed by atoms with Gasteiger partial charge in [0.25, 0.3) is 5.91 Å². The number of hydrogen-bond acceptors (Lipinski definition) is 5. The van der Waals surface area contributed by atoms with Crippen LogP contribution in [0.5, 0.6) is 0 Å². The Balaban J connectivity index is 1.91. The molecule has 0 aliphatic carbocycles. The number of sulfonamides is 1. The maximum atomic E-state index is 13.0. The third-order valence-electron chi connectivity index (χ3n) is 6.39. The molecule has 0 spiro atoms. The molecule has 0 saturated heterocycles. The molecule has 0 saturated carbocycles. The summed E-state index contributed by atoms with van der Waals surface area (Å²) < 4.78 is 27.4. The van der Waals surface area contributed by atoms with E-state index in [0.29, 0.717) is 24.7 Å². The number of rotatable bonds is 5. The van der Waals surface area contributed by atoms with Crippen LogP contribution in [0.25, 0.3) is 0 Å². The van der Waals surface area contributed by atoms with E-state index in [9.17, 15) is 18.0 Å². The normalized spacial score (nSPS) is 16.2. The van der Waals surface area contributed by atoms with Crippen molar-refractivity contribution in [1.82, 2.24) is 9.62 Å². The average Bonchev–Trinajstić information content (AvgIpc) is 2.78. The van der Waals surface area contributed by atoms with E-state index in [1.807, 2.05) is 6.07 Å². The van der Waals surface area contributed by atoms with Gasteiger partial charge < -0.3 is 4.90 Å². The highest BCUT2D eigenvalue weighted by Crippen LogP contribution is 2.27. The first-order valence-corrected chi connectivity index (χ1v) is 14.1. The number of amides is 2. The van der Waals surface area contributed by atoms with Gasteiger partial charge >= 0.3 is 0 Å². The summed E-state index contributed by atoms with van der Waals surface area (Å²) in [4.78, 5) is 29.6. The molecular formula is C27H37N3O4S. The standard InChI is InChI=1S/C27H37N3O4S/c1-21(2)29-16-10-5-4-6-11-17-30(22(3)31)26-15-14-24(18-25(26)19-29)27(32)28-35(33,34)20-23-12-8-7-9-13-23/h7-9,12-15,18,21H,4-6,10-11,16-17,19-20H2,1-3H3,(H,28,32). The van der Waals surface area contributed by atoms with Gasteiger partial charge in [-0.1, -0.05) is 49.6 Å². The first-order valence-electron chi connectivity index (χ1n) is 12.4. The Labute approximate surface area is 209 Å². The summed E-state index contributed by atoms with van der Waals surface area (Å²) in [6.07, 6.45) is 5.40. The molecule has 1 N–H and O–H groups in total. The van der Waals surface area contributed by atoms with Gasteiger partial charge in [-0.3, -0.25) is 14.5 Å². The molecule has 0 unspecified atom stereocenters. The largest absolute Gasteiger partial charge is 0.312 e. The van der Waals surface area contributed by atoms with Gasteiger partial charge in [-0.15, -0.1) is 0 Å². The lowest BCUT2D eigenvalue weighted by Gasteiger charge is -2.31. The third-order valence-corrected chi connectivity index (χ3v) is 7.60. The molecule has 0 fully saturated rings. The highest BCUT2D eigenvalue weighted by atomic mass is 32.2. The molecule has 0 bridgehead atoms. The first kappa shape index (κ1) is 26.9. The second-order valence-corrected chi connectivity index (χ2v) is 11.2. The molecule has 190 valence electrons. The summed E-state index contributed by atoms with van der Waals surface area (Å²) >= 11 is 0. The maximum absolute atomic E-state index is 13.0. The van der Waals surface area contributed by atoms with E-state index in [-0.39, 0.29) is 17.2 Å². The van der Waals surface area contributed by atoms with Crippen LogP contribution < -0.4 is 9.62 Å². The molecule has 7 nitrogen and oxygen atoms in total. The van der Waals surface area contributed by atoms with Crippen LogP contribution in [0.15, 0.2) is 48.5 Å². The fourth-order valence-corrected chi connectivity index (χ4v) is 5.55. The van der Waals surface area contributed by atoms with E-state index >= 15 is 0 Å². The van der Waals surface area contributed by atoms with E-state index in [1.54, 1.807) is 54.3 Å². The Morgan fingerprint density at radius 3 is 2.26 bits per heavy atom. The number of benzene rings is 2. The Morgan fingerprint density at radius 1 is 0.943 bits per heavy atom. The zero-order chi connectivity index (χ0) is 25.4. The minimum absolute atomic E-state index is 0.0398. The van der Waals surface area contributed by atoms with Crippen molar-refractivity contribution in [2.75, 3.05) is 18.0 Å². The van der Waals surface area contributed by atoms with Crippen molar-refractivity contribution in [3.63, 3.8) is 0 Å². The zero-order valence-electron chi connectivity index (χ0n) is 21.0. The van der Waals surface area contributed by atoms with Crippen molar-refractivity contribution in [2.45, 2.75) is 71.2 Å². The van der Waals surface area contributed by atoms with E-state index in [4.69, 9.17) is 0 Å². The summed E-state index contributed by atoms with van der Waals surface area (Å²) in [5.41, 5.74) is 2.50. The first-order chi connectivity index (χ1) is 16.7. The number of nitrogens with zero attached hydrogens (tertiary/aromatic N) is 2. The second kappa shape index (κ2) is 12.3. The minimum Gasteiger partial charge on any atom is -0.312 e. The Morgan fingerprint density at radius 2 is 1.60 bits per heavy atom. The van der Waals surface area contributed by atoms with Crippen LogP contribution in [0.1, 0.15) is 74.4 Å². The Hall–Kier alpha value is -2.71. The quantitative estimate of drug-likeness (QED) is 0.656.